The van der Waals surface area contributed by atoms with Gasteiger partial charge in [-0.25, -0.2) is 0 Å². The van der Waals surface area contributed by atoms with Gasteiger partial charge in [0.15, 0.2) is 0 Å². The molecule has 86 valence electrons. The summed E-state index contributed by atoms with van der Waals surface area (Å²) in [5.41, 5.74) is 3.87. The van der Waals surface area contributed by atoms with E-state index >= 15 is 0 Å². The molecule has 0 aromatic heterocycles. The number of hydrogen-bond acceptors (Lipinski definition) is 0. The van der Waals surface area contributed by atoms with Crippen molar-refractivity contribution in [1.29, 1.82) is 0 Å². The average Bonchev–Trinajstić information content (AvgIpc) is 2.52. The Balaban J connectivity index is 2.13. The molecule has 1 aromatic carbocycles. The topological polar surface area (TPSA) is 0 Å². The Hall–Kier alpha value is -1.24. The SMILES string of the molecule is [B]C1=CCCC(Cc2ccccc2)C(CC)=C1. The fourth-order valence-electron chi connectivity index (χ4n) is 2.55. The van der Waals surface area contributed by atoms with Crippen molar-refractivity contribution in [3.05, 3.63) is 59.1 Å². The lowest BCUT2D eigenvalue weighted by atomic mass is 9.86. The summed E-state index contributed by atoms with van der Waals surface area (Å²) in [6.07, 6.45) is 8.90. The van der Waals surface area contributed by atoms with Crippen LogP contribution in [0.25, 0.3) is 0 Å². The second-order valence-corrected chi connectivity index (χ2v) is 4.74. The summed E-state index contributed by atoms with van der Waals surface area (Å²) in [6, 6.07) is 10.7. The molecular weight excluding hydrogens is 203 g/mol. The molecule has 0 bridgehead atoms. The van der Waals surface area contributed by atoms with E-state index in [1.165, 1.54) is 17.6 Å². The van der Waals surface area contributed by atoms with Gasteiger partial charge in [-0.3, -0.25) is 0 Å². The standard InChI is InChI=1S/C16H19B/c1-2-14-12-16(17)10-6-9-15(14)11-13-7-4-3-5-8-13/h3-5,7-8,10,12,15H,2,6,9,11H2,1H3. The Morgan fingerprint density at radius 1 is 1.24 bits per heavy atom. The van der Waals surface area contributed by atoms with Crippen LogP contribution in [0.4, 0.5) is 0 Å². The van der Waals surface area contributed by atoms with E-state index in [9.17, 15) is 0 Å². The van der Waals surface area contributed by atoms with Crippen molar-refractivity contribution in [2.24, 2.45) is 5.92 Å². The summed E-state index contributed by atoms with van der Waals surface area (Å²) < 4.78 is 0. The van der Waals surface area contributed by atoms with Crippen molar-refractivity contribution in [2.75, 3.05) is 0 Å². The third kappa shape index (κ3) is 3.36. The van der Waals surface area contributed by atoms with Crippen LogP contribution in [0.5, 0.6) is 0 Å². The van der Waals surface area contributed by atoms with Crippen molar-refractivity contribution >= 4 is 7.85 Å². The van der Waals surface area contributed by atoms with Gasteiger partial charge >= 0.3 is 0 Å². The predicted molar refractivity (Wildman–Crippen MR) is 75.1 cm³/mol. The van der Waals surface area contributed by atoms with Crippen molar-refractivity contribution in [1.82, 2.24) is 0 Å². The Labute approximate surface area is 106 Å². The van der Waals surface area contributed by atoms with Gasteiger partial charge in [0.2, 0.25) is 0 Å². The molecule has 0 amide bonds. The van der Waals surface area contributed by atoms with Crippen LogP contribution in [0.3, 0.4) is 0 Å². The van der Waals surface area contributed by atoms with Crippen LogP contribution in [0.1, 0.15) is 31.7 Å². The quantitative estimate of drug-likeness (QED) is 0.677. The zero-order valence-corrected chi connectivity index (χ0v) is 10.5. The van der Waals surface area contributed by atoms with E-state index in [1.54, 1.807) is 0 Å². The van der Waals surface area contributed by atoms with E-state index in [1.807, 2.05) is 0 Å². The molecule has 17 heavy (non-hydrogen) atoms. The average molecular weight is 222 g/mol. The van der Waals surface area contributed by atoms with Crippen molar-refractivity contribution in [2.45, 2.75) is 32.6 Å². The highest BCUT2D eigenvalue weighted by atomic mass is 14.2. The van der Waals surface area contributed by atoms with Gasteiger partial charge in [-0.2, -0.15) is 0 Å². The smallest absolute Gasteiger partial charge is 0.101 e. The maximum absolute atomic E-state index is 5.94. The number of hydrogen-bond donors (Lipinski definition) is 0. The van der Waals surface area contributed by atoms with Gasteiger partial charge in [0.1, 0.15) is 7.85 Å². The summed E-state index contributed by atoms with van der Waals surface area (Å²) in [5, 5.41) is 0. The number of benzene rings is 1. The lowest BCUT2D eigenvalue weighted by Crippen LogP contribution is -2.07. The van der Waals surface area contributed by atoms with Gasteiger partial charge in [0, 0.05) is 0 Å². The summed E-state index contributed by atoms with van der Waals surface area (Å²) in [7, 11) is 5.94. The zero-order chi connectivity index (χ0) is 12.1. The highest BCUT2D eigenvalue weighted by Crippen LogP contribution is 2.28. The number of rotatable bonds is 3. The number of allylic oxidation sites excluding steroid dienone is 4. The molecule has 0 saturated heterocycles. The highest BCUT2D eigenvalue weighted by Gasteiger charge is 2.15. The molecule has 2 radical (unpaired) electrons. The van der Waals surface area contributed by atoms with Crippen LogP contribution < -0.4 is 0 Å². The third-order valence-corrected chi connectivity index (χ3v) is 3.50. The molecule has 2 rings (SSSR count). The van der Waals surface area contributed by atoms with E-state index in [0.717, 1.165) is 24.7 Å². The molecule has 0 spiro atoms. The molecule has 1 atom stereocenters. The summed E-state index contributed by atoms with van der Waals surface area (Å²) in [5.74, 6) is 0.652. The van der Waals surface area contributed by atoms with E-state index in [0.29, 0.717) is 5.92 Å². The van der Waals surface area contributed by atoms with E-state index in [-0.39, 0.29) is 0 Å². The minimum atomic E-state index is 0.652. The summed E-state index contributed by atoms with van der Waals surface area (Å²) in [6.45, 7) is 2.22. The van der Waals surface area contributed by atoms with Gasteiger partial charge in [0.25, 0.3) is 0 Å². The maximum atomic E-state index is 5.94. The molecule has 0 saturated carbocycles. The monoisotopic (exact) mass is 222 g/mol. The van der Waals surface area contributed by atoms with Gasteiger partial charge in [-0.1, -0.05) is 55.0 Å². The molecule has 1 aliphatic carbocycles. The van der Waals surface area contributed by atoms with Crippen LogP contribution in [0, 0.1) is 5.92 Å². The van der Waals surface area contributed by atoms with Crippen molar-refractivity contribution in [3.63, 3.8) is 0 Å². The van der Waals surface area contributed by atoms with E-state index < -0.39 is 0 Å². The van der Waals surface area contributed by atoms with Crippen molar-refractivity contribution < 1.29 is 0 Å². The fraction of sp³-hybridized carbons (Fsp3) is 0.375. The first kappa shape index (κ1) is 12.2. The Bertz CT molecular complexity index is 414. The van der Waals surface area contributed by atoms with Gasteiger partial charge < -0.3 is 0 Å². The molecule has 1 unspecified atom stereocenters. The predicted octanol–water partition coefficient (Wildman–Crippen LogP) is 4.03. The Kier molecular flexibility index (Phi) is 4.25. The molecule has 0 fully saturated rings. The van der Waals surface area contributed by atoms with E-state index in [2.05, 4.69) is 49.4 Å². The molecule has 1 aliphatic rings. The second kappa shape index (κ2) is 5.91. The van der Waals surface area contributed by atoms with Crippen LogP contribution in [-0.4, -0.2) is 7.85 Å². The molecule has 1 heteroatoms. The second-order valence-electron chi connectivity index (χ2n) is 4.74. The van der Waals surface area contributed by atoms with Crippen LogP contribution >= 0.6 is 0 Å². The largest absolute Gasteiger partial charge is 0.113 e. The minimum absolute atomic E-state index is 0.652. The molecule has 0 aliphatic heterocycles. The van der Waals surface area contributed by atoms with Crippen LogP contribution in [0.15, 0.2) is 53.5 Å². The van der Waals surface area contributed by atoms with Crippen LogP contribution in [0.2, 0.25) is 0 Å². The Morgan fingerprint density at radius 2 is 2.00 bits per heavy atom. The molecular formula is C16H19B. The fourth-order valence-corrected chi connectivity index (χ4v) is 2.55. The summed E-state index contributed by atoms with van der Waals surface area (Å²) >= 11 is 0. The maximum Gasteiger partial charge on any atom is 0.113 e. The highest BCUT2D eigenvalue weighted by molar-refractivity contribution is 6.23. The third-order valence-electron chi connectivity index (χ3n) is 3.50. The van der Waals surface area contributed by atoms with Gasteiger partial charge in [-0.05, 0) is 37.2 Å². The van der Waals surface area contributed by atoms with Gasteiger partial charge in [-0.15, -0.1) is 5.47 Å². The molecule has 0 nitrogen and oxygen atoms in total. The molecule has 1 aromatic rings. The zero-order valence-electron chi connectivity index (χ0n) is 10.5. The normalized spacial score (nSPS) is 20.4. The van der Waals surface area contributed by atoms with Gasteiger partial charge in [0.05, 0.1) is 0 Å². The van der Waals surface area contributed by atoms with E-state index in [4.69, 9.17) is 7.85 Å². The first-order valence-electron chi connectivity index (χ1n) is 6.49. The lowest BCUT2D eigenvalue weighted by molar-refractivity contribution is 0.552. The first-order chi connectivity index (χ1) is 8.29. The summed E-state index contributed by atoms with van der Waals surface area (Å²) in [4.78, 5) is 0. The first-order valence-corrected chi connectivity index (χ1v) is 6.49. The molecule has 0 N–H and O–H groups in total. The molecule has 0 heterocycles. The van der Waals surface area contributed by atoms with Crippen LogP contribution in [-0.2, 0) is 6.42 Å². The Morgan fingerprint density at radius 3 is 2.71 bits per heavy atom. The minimum Gasteiger partial charge on any atom is -0.101 e. The van der Waals surface area contributed by atoms with Crippen molar-refractivity contribution in [3.8, 4) is 0 Å². The lowest BCUT2D eigenvalue weighted by Gasteiger charge is -2.18.